The van der Waals surface area contributed by atoms with Gasteiger partial charge in [-0.25, -0.2) is 0 Å². The Bertz CT molecular complexity index is 2440. The molecule has 0 fully saturated rings. The van der Waals surface area contributed by atoms with Gasteiger partial charge in [-0.05, 0) is 47.5 Å². The van der Waals surface area contributed by atoms with E-state index in [0.717, 1.165) is 12.1 Å². The first kappa shape index (κ1) is 40.8. The molecule has 6 rings (SSSR count). The number of benzene rings is 6. The van der Waals surface area contributed by atoms with Crippen molar-refractivity contribution in [1.29, 1.82) is 0 Å². The summed E-state index contributed by atoms with van der Waals surface area (Å²) in [4.78, 5) is -0.782. The minimum absolute atomic E-state index is 0. The smallest absolute Gasteiger partial charge is 0.295 e. The van der Waals surface area contributed by atoms with Gasteiger partial charge in [-0.1, -0.05) is 60.7 Å². The quantitative estimate of drug-likeness (QED) is 0.0491. The normalized spacial score (nSPS) is 11.8. The zero-order chi connectivity index (χ0) is 35.8. The molecule has 0 aliphatic rings. The molecule has 2 radical (unpaired) electrons. The Labute approximate surface area is 342 Å². The van der Waals surface area contributed by atoms with Gasteiger partial charge in [0.15, 0.2) is 5.75 Å². The molecule has 52 heavy (non-hydrogen) atoms. The number of aromatic hydroxyl groups is 1. The number of rotatable bonds is 9. The Hall–Kier alpha value is -3.94. The summed E-state index contributed by atoms with van der Waals surface area (Å²) in [6, 6.07) is 24.8. The van der Waals surface area contributed by atoms with Crippen LogP contribution in [0.25, 0.3) is 32.7 Å². The van der Waals surface area contributed by atoms with Crippen molar-refractivity contribution in [1.82, 2.24) is 0 Å². The summed E-state index contributed by atoms with van der Waals surface area (Å²) >= 11 is 0. The average Bonchev–Trinajstić information content (AvgIpc) is 3.10. The maximum absolute atomic E-state index is 12.1. The Morgan fingerprint density at radius 1 is 0.538 bits per heavy atom. The van der Waals surface area contributed by atoms with E-state index in [1.165, 1.54) is 32.4 Å². The molecule has 0 saturated carbocycles. The topological polar surface area (TPSA) is 223 Å². The summed E-state index contributed by atoms with van der Waals surface area (Å²) < 4.78 is 78.9. The van der Waals surface area contributed by atoms with Gasteiger partial charge in [-0.15, -0.1) is 20.5 Å². The number of hydrogen-bond donors (Lipinski definition) is 4. The molecule has 0 aliphatic carbocycles. The zero-order valence-corrected chi connectivity index (χ0v) is 33.8. The fraction of sp³-hybridized carbons (Fsp3) is 0.0588. The van der Waals surface area contributed by atoms with Crippen LogP contribution < -0.4 is 15.2 Å². The second kappa shape index (κ2) is 16.4. The van der Waals surface area contributed by atoms with Crippen molar-refractivity contribution in [2.45, 2.75) is 9.79 Å². The van der Waals surface area contributed by atoms with E-state index in [-0.39, 0.29) is 109 Å². The number of azo groups is 2. The van der Waals surface area contributed by atoms with Gasteiger partial charge in [0.1, 0.15) is 44.0 Å². The third-order valence-electron chi connectivity index (χ3n) is 7.76. The average molecular weight is 760 g/mol. The van der Waals surface area contributed by atoms with Crippen molar-refractivity contribution in [2.75, 3.05) is 20.0 Å². The van der Waals surface area contributed by atoms with Gasteiger partial charge in [0.25, 0.3) is 20.2 Å². The van der Waals surface area contributed by atoms with Crippen LogP contribution in [0.1, 0.15) is 0 Å². The van der Waals surface area contributed by atoms with Crippen LogP contribution in [0.5, 0.6) is 17.2 Å². The molecule has 6 aromatic rings. The van der Waals surface area contributed by atoms with Crippen molar-refractivity contribution in [3.05, 3.63) is 97.1 Å². The van der Waals surface area contributed by atoms with E-state index >= 15 is 0 Å². The molecule has 14 nitrogen and oxygen atoms in total. The van der Waals surface area contributed by atoms with Crippen LogP contribution >= 0.6 is 0 Å². The summed E-state index contributed by atoms with van der Waals surface area (Å²) in [7, 11) is -6.36. The Kier molecular flexibility index (Phi) is 12.9. The van der Waals surface area contributed by atoms with Crippen LogP contribution in [-0.4, -0.2) is 104 Å². The molecular formula is C34H27N5Na2O9S2. The number of phenolic OH excluding ortho intramolecular Hbond substituents is 1. The summed E-state index contributed by atoms with van der Waals surface area (Å²) in [6.45, 7) is 0. The van der Waals surface area contributed by atoms with Crippen molar-refractivity contribution in [3.8, 4) is 28.4 Å². The summed E-state index contributed by atoms with van der Waals surface area (Å²) in [5.74, 6) is 0.300. The van der Waals surface area contributed by atoms with Crippen molar-refractivity contribution in [2.24, 2.45) is 20.5 Å². The maximum atomic E-state index is 12.1. The summed E-state index contributed by atoms with van der Waals surface area (Å²) in [6.07, 6.45) is 0. The molecule has 256 valence electrons. The molecule has 0 unspecified atom stereocenters. The largest absolute Gasteiger partial charge is 0.505 e. The van der Waals surface area contributed by atoms with E-state index in [9.17, 15) is 31.0 Å². The first-order chi connectivity index (χ1) is 23.8. The third-order valence-corrected chi connectivity index (χ3v) is 9.55. The van der Waals surface area contributed by atoms with Crippen molar-refractivity contribution < 1.29 is 40.5 Å². The Morgan fingerprint density at radius 3 is 1.38 bits per heavy atom. The number of nitrogens with zero attached hydrogens (tertiary/aromatic N) is 4. The minimum Gasteiger partial charge on any atom is -0.505 e. The van der Waals surface area contributed by atoms with Crippen LogP contribution in [0.3, 0.4) is 0 Å². The van der Waals surface area contributed by atoms with Crippen LogP contribution in [0.2, 0.25) is 0 Å². The fourth-order valence-electron chi connectivity index (χ4n) is 5.34. The molecule has 0 saturated heterocycles. The van der Waals surface area contributed by atoms with Gasteiger partial charge in [0.2, 0.25) is 0 Å². The van der Waals surface area contributed by atoms with Crippen molar-refractivity contribution >= 4 is 129 Å². The van der Waals surface area contributed by atoms with Gasteiger partial charge >= 0.3 is 0 Å². The molecule has 0 atom stereocenters. The summed E-state index contributed by atoms with van der Waals surface area (Å²) in [5, 5.41) is 28.3. The van der Waals surface area contributed by atoms with Gasteiger partial charge in [0, 0.05) is 80.7 Å². The number of nitrogen functional groups attached to an aromatic ring is 1. The number of phenols is 1. The molecule has 0 amide bonds. The van der Waals surface area contributed by atoms with E-state index in [2.05, 4.69) is 20.5 Å². The SMILES string of the molecule is COc1cc(-c2ccc(N=Nc3cc(S(=O)(=O)O)c4ccccc4c3O)c(OC)c2)ccc1N=Nc1cc(S(=O)(=O)O)c2ccccc2c1N.[Na].[Na]. The van der Waals surface area contributed by atoms with Gasteiger partial charge in [-0.3, -0.25) is 9.11 Å². The van der Waals surface area contributed by atoms with Gasteiger partial charge < -0.3 is 20.3 Å². The van der Waals surface area contributed by atoms with E-state index in [0.29, 0.717) is 33.7 Å². The van der Waals surface area contributed by atoms with E-state index < -0.39 is 25.1 Å². The molecular weight excluding hydrogens is 733 g/mol. The van der Waals surface area contributed by atoms with Gasteiger partial charge in [-0.2, -0.15) is 16.8 Å². The molecule has 0 heterocycles. The number of hydrogen-bond acceptors (Lipinski definition) is 12. The van der Waals surface area contributed by atoms with Gasteiger partial charge in [0.05, 0.1) is 19.9 Å². The second-order valence-electron chi connectivity index (χ2n) is 10.8. The van der Waals surface area contributed by atoms with Crippen molar-refractivity contribution in [3.63, 3.8) is 0 Å². The molecule has 0 bridgehead atoms. The number of methoxy groups -OCH3 is 2. The monoisotopic (exact) mass is 759 g/mol. The van der Waals surface area contributed by atoms with Crippen LogP contribution in [0.4, 0.5) is 28.4 Å². The number of anilines is 1. The molecule has 18 heteroatoms. The predicted octanol–water partition coefficient (Wildman–Crippen LogP) is 7.53. The first-order valence-electron chi connectivity index (χ1n) is 14.5. The number of nitrogens with two attached hydrogens (primary N) is 1. The second-order valence-corrected chi connectivity index (χ2v) is 13.5. The van der Waals surface area contributed by atoms with E-state index in [4.69, 9.17) is 15.2 Å². The minimum atomic E-state index is -4.64. The van der Waals surface area contributed by atoms with Crippen LogP contribution in [-0.2, 0) is 20.2 Å². The van der Waals surface area contributed by atoms with Crippen LogP contribution in [0, 0.1) is 0 Å². The molecule has 6 aromatic carbocycles. The molecule has 0 aliphatic heterocycles. The zero-order valence-electron chi connectivity index (χ0n) is 28.2. The van der Waals surface area contributed by atoms with E-state index in [1.54, 1.807) is 66.7 Å². The third kappa shape index (κ3) is 8.31. The molecule has 5 N–H and O–H groups in total. The molecule has 0 spiro atoms. The Morgan fingerprint density at radius 2 is 0.923 bits per heavy atom. The first-order valence-corrected chi connectivity index (χ1v) is 17.4. The Balaban J connectivity index is 0.00000302. The van der Waals surface area contributed by atoms with E-state index in [1.807, 2.05) is 0 Å². The molecule has 0 aromatic heterocycles. The summed E-state index contributed by atoms with van der Waals surface area (Å²) in [5.41, 5.74) is 8.22. The number of fused-ring (bicyclic) bond motifs is 2. The fourth-order valence-corrected chi connectivity index (χ4v) is 6.78. The number of ether oxygens (including phenoxy) is 2. The standard InChI is InChI=1S/C34H27N5O9S2.2Na/c1-47-29-15-19(11-13-25(29)36-38-27-17-31(49(41,42)43)21-7-3-5-9-23(21)33(27)35)20-12-14-26(30(16-20)48-2)37-39-28-18-32(50(44,45)46)22-8-4-6-10-24(22)34(28)40;;/h3-18,40H,35H2,1-2H3,(H,41,42,43)(H,44,45,46);;. The predicted molar refractivity (Wildman–Crippen MR) is 198 cm³/mol. The van der Waals surface area contributed by atoms with Crippen LogP contribution in [0.15, 0.2) is 127 Å². The maximum Gasteiger partial charge on any atom is 0.295 e.